The molecule has 0 heterocycles. The second-order valence-electron chi connectivity index (χ2n) is 4.90. The molecule has 1 nitrogen and oxygen atoms in total. The minimum Gasteiger partial charge on any atom is -0.305 e. The first kappa shape index (κ1) is 13.0. The van der Waals surface area contributed by atoms with Crippen molar-refractivity contribution in [1.82, 2.24) is 5.32 Å². The zero-order valence-electron chi connectivity index (χ0n) is 10.4. The number of rotatable bonds is 3. The minimum atomic E-state index is 0.129. The standard InChI is InChI=1S/C16H15Cl2N/c17-13-7-5-11(6-8-13)10-19-16-14-4-2-1-3-12(14)9-15(16)18/h1-8,15-16,19H,9-10H2. The molecule has 0 bridgehead atoms. The highest BCUT2D eigenvalue weighted by Crippen LogP contribution is 2.34. The molecule has 0 spiro atoms. The topological polar surface area (TPSA) is 12.0 Å². The van der Waals surface area contributed by atoms with Crippen LogP contribution < -0.4 is 5.32 Å². The van der Waals surface area contributed by atoms with E-state index in [1.165, 1.54) is 16.7 Å². The van der Waals surface area contributed by atoms with Crippen LogP contribution in [0.15, 0.2) is 48.5 Å². The second-order valence-corrected chi connectivity index (χ2v) is 5.90. The van der Waals surface area contributed by atoms with Gasteiger partial charge in [0, 0.05) is 17.6 Å². The van der Waals surface area contributed by atoms with E-state index in [9.17, 15) is 0 Å². The van der Waals surface area contributed by atoms with Crippen molar-refractivity contribution in [1.29, 1.82) is 0 Å². The molecule has 0 saturated heterocycles. The predicted octanol–water partition coefficient (Wildman–Crippen LogP) is 4.33. The molecule has 0 aromatic heterocycles. The molecule has 2 aromatic rings. The molecule has 2 aromatic carbocycles. The molecule has 19 heavy (non-hydrogen) atoms. The summed E-state index contributed by atoms with van der Waals surface area (Å²) in [7, 11) is 0. The molecule has 0 amide bonds. The molecule has 0 fully saturated rings. The van der Waals surface area contributed by atoms with Gasteiger partial charge in [-0.1, -0.05) is 48.0 Å². The first-order chi connectivity index (χ1) is 9.24. The summed E-state index contributed by atoms with van der Waals surface area (Å²) in [5, 5.41) is 4.45. The largest absolute Gasteiger partial charge is 0.305 e. The Bertz CT molecular complexity index is 565. The lowest BCUT2D eigenvalue weighted by Gasteiger charge is -2.17. The molecular formula is C16H15Cl2N. The van der Waals surface area contributed by atoms with Crippen LogP contribution in [-0.4, -0.2) is 5.38 Å². The van der Waals surface area contributed by atoms with Gasteiger partial charge in [-0.05, 0) is 35.2 Å². The molecule has 1 N–H and O–H groups in total. The molecular weight excluding hydrogens is 277 g/mol. The molecule has 2 unspecified atom stereocenters. The quantitative estimate of drug-likeness (QED) is 0.830. The monoisotopic (exact) mass is 291 g/mol. The summed E-state index contributed by atoms with van der Waals surface area (Å²) in [5.41, 5.74) is 3.91. The first-order valence-electron chi connectivity index (χ1n) is 6.44. The smallest absolute Gasteiger partial charge is 0.0571 e. The number of fused-ring (bicyclic) bond motifs is 1. The lowest BCUT2D eigenvalue weighted by atomic mass is 10.1. The molecule has 1 aliphatic carbocycles. The third-order valence-corrected chi connectivity index (χ3v) is 4.26. The zero-order chi connectivity index (χ0) is 13.2. The molecule has 98 valence electrons. The van der Waals surface area contributed by atoms with Crippen molar-refractivity contribution in [3.63, 3.8) is 0 Å². The summed E-state index contributed by atoms with van der Waals surface area (Å²) in [6, 6.07) is 16.6. The van der Waals surface area contributed by atoms with Gasteiger partial charge >= 0.3 is 0 Å². The lowest BCUT2D eigenvalue weighted by molar-refractivity contribution is 0.536. The van der Waals surface area contributed by atoms with Gasteiger partial charge in [-0.15, -0.1) is 11.6 Å². The van der Waals surface area contributed by atoms with Gasteiger partial charge in [0.1, 0.15) is 0 Å². The Morgan fingerprint density at radius 1 is 1.05 bits per heavy atom. The molecule has 0 saturated carbocycles. The molecule has 1 aliphatic rings. The highest BCUT2D eigenvalue weighted by Gasteiger charge is 2.29. The third kappa shape index (κ3) is 2.79. The highest BCUT2D eigenvalue weighted by molar-refractivity contribution is 6.30. The van der Waals surface area contributed by atoms with Crippen LogP contribution in [0.25, 0.3) is 0 Å². The van der Waals surface area contributed by atoms with E-state index in [1.807, 2.05) is 24.3 Å². The van der Waals surface area contributed by atoms with Crippen molar-refractivity contribution in [2.45, 2.75) is 24.4 Å². The molecule has 0 radical (unpaired) electrons. The van der Waals surface area contributed by atoms with Gasteiger partial charge in [0.25, 0.3) is 0 Å². The maximum Gasteiger partial charge on any atom is 0.0571 e. The molecule has 3 rings (SSSR count). The number of hydrogen-bond donors (Lipinski definition) is 1. The van der Waals surface area contributed by atoms with E-state index >= 15 is 0 Å². The van der Waals surface area contributed by atoms with Gasteiger partial charge in [-0.25, -0.2) is 0 Å². The molecule has 2 atom stereocenters. The third-order valence-electron chi connectivity index (χ3n) is 3.61. The van der Waals surface area contributed by atoms with E-state index in [4.69, 9.17) is 23.2 Å². The minimum absolute atomic E-state index is 0.129. The zero-order valence-corrected chi connectivity index (χ0v) is 12.0. The van der Waals surface area contributed by atoms with Crippen LogP contribution in [0.5, 0.6) is 0 Å². The van der Waals surface area contributed by atoms with E-state index < -0.39 is 0 Å². The average molecular weight is 292 g/mol. The Morgan fingerprint density at radius 3 is 2.58 bits per heavy atom. The van der Waals surface area contributed by atoms with Gasteiger partial charge in [0.15, 0.2) is 0 Å². The van der Waals surface area contributed by atoms with E-state index in [0.717, 1.165) is 18.0 Å². The van der Waals surface area contributed by atoms with Crippen LogP contribution in [0.2, 0.25) is 5.02 Å². The fourth-order valence-electron chi connectivity index (χ4n) is 2.61. The lowest BCUT2D eigenvalue weighted by Crippen LogP contribution is -2.25. The van der Waals surface area contributed by atoms with Gasteiger partial charge in [-0.2, -0.15) is 0 Å². The van der Waals surface area contributed by atoms with Crippen LogP contribution in [-0.2, 0) is 13.0 Å². The maximum atomic E-state index is 6.45. The van der Waals surface area contributed by atoms with Crippen LogP contribution in [0, 0.1) is 0 Å². The summed E-state index contributed by atoms with van der Waals surface area (Å²) in [6.07, 6.45) is 0.940. The Morgan fingerprint density at radius 2 is 1.79 bits per heavy atom. The number of halogens is 2. The Kier molecular flexibility index (Phi) is 3.79. The fraction of sp³-hybridized carbons (Fsp3) is 0.250. The van der Waals surface area contributed by atoms with Crippen molar-refractivity contribution < 1.29 is 0 Å². The first-order valence-corrected chi connectivity index (χ1v) is 7.25. The van der Waals surface area contributed by atoms with Crippen molar-refractivity contribution in [2.24, 2.45) is 0 Å². The number of benzene rings is 2. The Labute approximate surface area is 123 Å². The van der Waals surface area contributed by atoms with Crippen LogP contribution in [0.4, 0.5) is 0 Å². The summed E-state index contributed by atoms with van der Waals surface area (Å²) in [5.74, 6) is 0. The summed E-state index contributed by atoms with van der Waals surface area (Å²) in [6.45, 7) is 0.805. The van der Waals surface area contributed by atoms with E-state index in [2.05, 4.69) is 29.6 Å². The number of hydrogen-bond acceptors (Lipinski definition) is 1. The Balaban J connectivity index is 1.72. The average Bonchev–Trinajstić information content (AvgIpc) is 2.74. The van der Waals surface area contributed by atoms with Crippen molar-refractivity contribution in [2.75, 3.05) is 0 Å². The van der Waals surface area contributed by atoms with E-state index in [1.54, 1.807) is 0 Å². The van der Waals surface area contributed by atoms with Gasteiger partial charge in [0.2, 0.25) is 0 Å². The predicted molar refractivity (Wildman–Crippen MR) is 80.8 cm³/mol. The maximum absolute atomic E-state index is 6.45. The Hall–Kier alpha value is -1.02. The van der Waals surface area contributed by atoms with Gasteiger partial charge < -0.3 is 5.32 Å². The number of alkyl halides is 1. The highest BCUT2D eigenvalue weighted by atomic mass is 35.5. The van der Waals surface area contributed by atoms with Crippen LogP contribution >= 0.6 is 23.2 Å². The normalized spacial score (nSPS) is 21.4. The van der Waals surface area contributed by atoms with Gasteiger partial charge in [0.05, 0.1) is 5.38 Å². The van der Waals surface area contributed by atoms with Crippen molar-refractivity contribution in [3.8, 4) is 0 Å². The molecule has 0 aliphatic heterocycles. The van der Waals surface area contributed by atoms with Gasteiger partial charge in [-0.3, -0.25) is 0 Å². The number of nitrogens with one attached hydrogen (secondary N) is 1. The van der Waals surface area contributed by atoms with Crippen LogP contribution in [0.3, 0.4) is 0 Å². The van der Waals surface area contributed by atoms with Crippen molar-refractivity contribution in [3.05, 3.63) is 70.2 Å². The summed E-state index contributed by atoms with van der Waals surface area (Å²) < 4.78 is 0. The fourth-order valence-corrected chi connectivity index (χ4v) is 3.13. The van der Waals surface area contributed by atoms with E-state index in [-0.39, 0.29) is 11.4 Å². The molecule has 3 heteroatoms. The SMILES string of the molecule is Clc1ccc(CNC2c3ccccc3CC2Cl)cc1. The van der Waals surface area contributed by atoms with E-state index in [0.29, 0.717) is 0 Å². The second kappa shape index (κ2) is 5.54. The summed E-state index contributed by atoms with van der Waals surface area (Å²) in [4.78, 5) is 0. The van der Waals surface area contributed by atoms with Crippen LogP contribution in [0.1, 0.15) is 22.7 Å². The van der Waals surface area contributed by atoms with Crippen molar-refractivity contribution >= 4 is 23.2 Å². The summed E-state index contributed by atoms with van der Waals surface area (Å²) >= 11 is 12.3.